The topological polar surface area (TPSA) is 12.0 Å². The highest BCUT2D eigenvalue weighted by atomic mass is 14.9. The third-order valence-electron chi connectivity index (χ3n) is 2.73. The van der Waals surface area contributed by atoms with Crippen LogP contribution in [0, 0.1) is 13.8 Å². The van der Waals surface area contributed by atoms with Crippen LogP contribution in [0.25, 0.3) is 0 Å². The molecule has 1 aromatic rings. The molecule has 0 aliphatic heterocycles. The Hall–Kier alpha value is -0.820. The van der Waals surface area contributed by atoms with E-state index in [1.54, 1.807) is 0 Å². The largest absolute Gasteiger partial charge is 0.312 e. The summed E-state index contributed by atoms with van der Waals surface area (Å²) < 4.78 is 0. The number of rotatable bonds is 4. The van der Waals surface area contributed by atoms with E-state index >= 15 is 0 Å². The summed E-state index contributed by atoms with van der Waals surface area (Å²) in [7, 11) is 0. The van der Waals surface area contributed by atoms with Gasteiger partial charge in [0, 0.05) is 12.1 Å². The zero-order valence-corrected chi connectivity index (χ0v) is 10.6. The van der Waals surface area contributed by atoms with Crippen LogP contribution in [-0.4, -0.2) is 12.1 Å². The smallest absolute Gasteiger partial charge is 0.00815 e. The van der Waals surface area contributed by atoms with E-state index in [4.69, 9.17) is 0 Å². The van der Waals surface area contributed by atoms with Gasteiger partial charge in [0.2, 0.25) is 0 Å². The fourth-order valence-electron chi connectivity index (χ4n) is 1.91. The maximum Gasteiger partial charge on any atom is 0.00815 e. The highest BCUT2D eigenvalue weighted by Crippen LogP contribution is 2.11. The molecule has 0 saturated heterocycles. The first-order valence-electron chi connectivity index (χ1n) is 5.81. The second-order valence-corrected chi connectivity index (χ2v) is 4.85. The van der Waals surface area contributed by atoms with Crippen molar-refractivity contribution in [2.24, 2.45) is 0 Å². The molecule has 0 fully saturated rings. The summed E-state index contributed by atoms with van der Waals surface area (Å²) >= 11 is 0. The zero-order valence-electron chi connectivity index (χ0n) is 10.6. The molecule has 1 atom stereocenters. The third kappa shape index (κ3) is 4.05. The number of nitrogens with one attached hydrogen (secondary N) is 1. The number of benzene rings is 1. The molecule has 0 aliphatic carbocycles. The molecule has 0 amide bonds. The Labute approximate surface area is 93.9 Å². The summed E-state index contributed by atoms with van der Waals surface area (Å²) in [4.78, 5) is 0. The van der Waals surface area contributed by atoms with Gasteiger partial charge in [-0.1, -0.05) is 32.0 Å². The molecule has 0 aliphatic rings. The maximum atomic E-state index is 3.53. The first-order valence-corrected chi connectivity index (χ1v) is 5.81. The summed E-state index contributed by atoms with van der Waals surface area (Å²) in [5.41, 5.74) is 4.20. The van der Waals surface area contributed by atoms with E-state index in [1.165, 1.54) is 16.7 Å². The predicted octanol–water partition coefficient (Wildman–Crippen LogP) is 3.23. The van der Waals surface area contributed by atoms with Crippen LogP contribution in [0.2, 0.25) is 0 Å². The molecule has 0 spiro atoms. The molecular weight excluding hydrogens is 182 g/mol. The Morgan fingerprint density at radius 1 is 1.07 bits per heavy atom. The van der Waals surface area contributed by atoms with Gasteiger partial charge < -0.3 is 5.32 Å². The van der Waals surface area contributed by atoms with Crippen LogP contribution in [-0.2, 0) is 6.42 Å². The third-order valence-corrected chi connectivity index (χ3v) is 2.73. The van der Waals surface area contributed by atoms with Gasteiger partial charge in [0.1, 0.15) is 0 Å². The SMILES string of the molecule is Cc1ccc(CC(C)NC(C)C)cc1C. The summed E-state index contributed by atoms with van der Waals surface area (Å²) in [6.45, 7) is 11.0. The predicted molar refractivity (Wildman–Crippen MR) is 67.4 cm³/mol. The number of hydrogen-bond donors (Lipinski definition) is 1. The summed E-state index contributed by atoms with van der Waals surface area (Å²) in [5, 5.41) is 3.53. The minimum Gasteiger partial charge on any atom is -0.312 e. The van der Waals surface area contributed by atoms with Crippen molar-refractivity contribution in [2.75, 3.05) is 0 Å². The van der Waals surface area contributed by atoms with Gasteiger partial charge in [0.25, 0.3) is 0 Å². The van der Waals surface area contributed by atoms with Gasteiger partial charge in [0.05, 0.1) is 0 Å². The van der Waals surface area contributed by atoms with E-state index < -0.39 is 0 Å². The fraction of sp³-hybridized carbons (Fsp3) is 0.571. The van der Waals surface area contributed by atoms with Crippen LogP contribution in [0.1, 0.15) is 37.5 Å². The average molecular weight is 205 g/mol. The van der Waals surface area contributed by atoms with E-state index in [2.05, 4.69) is 58.1 Å². The van der Waals surface area contributed by atoms with E-state index in [1.807, 2.05) is 0 Å². The molecule has 0 saturated carbocycles. The van der Waals surface area contributed by atoms with Crippen LogP contribution in [0.3, 0.4) is 0 Å². The summed E-state index contributed by atoms with van der Waals surface area (Å²) in [5.74, 6) is 0. The van der Waals surface area contributed by atoms with Gasteiger partial charge in [-0.05, 0) is 43.9 Å². The van der Waals surface area contributed by atoms with Gasteiger partial charge in [-0.3, -0.25) is 0 Å². The second kappa shape index (κ2) is 5.32. The Bertz CT molecular complexity index is 315. The molecule has 15 heavy (non-hydrogen) atoms. The minimum absolute atomic E-state index is 0.548. The van der Waals surface area contributed by atoms with Crippen molar-refractivity contribution in [1.29, 1.82) is 0 Å². The molecule has 1 unspecified atom stereocenters. The van der Waals surface area contributed by atoms with E-state index in [0.29, 0.717) is 12.1 Å². The van der Waals surface area contributed by atoms with Crippen molar-refractivity contribution in [1.82, 2.24) is 5.32 Å². The van der Waals surface area contributed by atoms with Crippen molar-refractivity contribution in [3.8, 4) is 0 Å². The van der Waals surface area contributed by atoms with E-state index in [0.717, 1.165) is 6.42 Å². The van der Waals surface area contributed by atoms with Crippen molar-refractivity contribution in [3.63, 3.8) is 0 Å². The molecule has 1 heteroatoms. The lowest BCUT2D eigenvalue weighted by molar-refractivity contribution is 0.487. The first kappa shape index (κ1) is 12.3. The molecule has 1 aromatic carbocycles. The summed E-state index contributed by atoms with van der Waals surface area (Å²) in [6, 6.07) is 7.86. The Morgan fingerprint density at radius 2 is 1.73 bits per heavy atom. The van der Waals surface area contributed by atoms with Crippen molar-refractivity contribution >= 4 is 0 Å². The molecule has 0 aromatic heterocycles. The Kier molecular flexibility index (Phi) is 4.34. The quantitative estimate of drug-likeness (QED) is 0.795. The number of aryl methyl sites for hydroxylation is 2. The molecular formula is C14H23N. The zero-order chi connectivity index (χ0) is 11.4. The lowest BCUT2D eigenvalue weighted by Gasteiger charge is -2.17. The van der Waals surface area contributed by atoms with Crippen LogP contribution < -0.4 is 5.32 Å². The Morgan fingerprint density at radius 3 is 2.27 bits per heavy atom. The lowest BCUT2D eigenvalue weighted by atomic mass is 10.0. The standard InChI is InChI=1S/C14H23N/c1-10(2)15-13(5)9-14-7-6-11(3)12(4)8-14/h6-8,10,13,15H,9H2,1-5H3. The molecule has 0 radical (unpaired) electrons. The van der Waals surface area contributed by atoms with Gasteiger partial charge in [-0.15, -0.1) is 0 Å². The molecule has 1 rings (SSSR count). The van der Waals surface area contributed by atoms with Crippen LogP contribution in [0.15, 0.2) is 18.2 Å². The highest BCUT2D eigenvalue weighted by molar-refractivity contribution is 5.30. The van der Waals surface area contributed by atoms with E-state index in [-0.39, 0.29) is 0 Å². The van der Waals surface area contributed by atoms with Crippen molar-refractivity contribution in [3.05, 3.63) is 34.9 Å². The van der Waals surface area contributed by atoms with Crippen LogP contribution in [0.4, 0.5) is 0 Å². The lowest BCUT2D eigenvalue weighted by Crippen LogP contribution is -2.33. The maximum absolute atomic E-state index is 3.53. The summed E-state index contributed by atoms with van der Waals surface area (Å²) in [6.07, 6.45) is 1.11. The normalized spacial score (nSPS) is 13.2. The van der Waals surface area contributed by atoms with Gasteiger partial charge in [0.15, 0.2) is 0 Å². The fourth-order valence-corrected chi connectivity index (χ4v) is 1.91. The van der Waals surface area contributed by atoms with Crippen LogP contribution >= 0.6 is 0 Å². The average Bonchev–Trinajstić information content (AvgIpc) is 2.10. The molecule has 0 bridgehead atoms. The van der Waals surface area contributed by atoms with E-state index in [9.17, 15) is 0 Å². The number of hydrogen-bond acceptors (Lipinski definition) is 1. The monoisotopic (exact) mass is 205 g/mol. The first-order chi connectivity index (χ1) is 6.99. The van der Waals surface area contributed by atoms with Crippen LogP contribution in [0.5, 0.6) is 0 Å². The molecule has 0 heterocycles. The van der Waals surface area contributed by atoms with Crippen molar-refractivity contribution in [2.45, 2.75) is 53.1 Å². The second-order valence-electron chi connectivity index (χ2n) is 4.85. The highest BCUT2D eigenvalue weighted by Gasteiger charge is 2.05. The van der Waals surface area contributed by atoms with Gasteiger partial charge in [-0.2, -0.15) is 0 Å². The van der Waals surface area contributed by atoms with Gasteiger partial charge in [-0.25, -0.2) is 0 Å². The minimum atomic E-state index is 0.548. The molecule has 1 nitrogen and oxygen atoms in total. The Balaban J connectivity index is 2.60. The molecule has 84 valence electrons. The van der Waals surface area contributed by atoms with Gasteiger partial charge >= 0.3 is 0 Å². The van der Waals surface area contributed by atoms with Crippen molar-refractivity contribution < 1.29 is 0 Å². The molecule has 1 N–H and O–H groups in total.